The molecule has 0 fully saturated rings. The lowest BCUT2D eigenvalue weighted by Crippen LogP contribution is -2.12. The van der Waals surface area contributed by atoms with E-state index in [1.165, 1.54) is 12.2 Å². The van der Waals surface area contributed by atoms with Gasteiger partial charge in [-0.2, -0.15) is 0 Å². The van der Waals surface area contributed by atoms with Crippen LogP contribution in [0.2, 0.25) is 0 Å². The third-order valence-electron chi connectivity index (χ3n) is 0.992. The van der Waals surface area contributed by atoms with E-state index < -0.39 is 0 Å². The van der Waals surface area contributed by atoms with Crippen LogP contribution in [0.4, 0.5) is 0 Å². The third-order valence-corrected chi connectivity index (χ3v) is 2.98. The fourth-order valence-corrected chi connectivity index (χ4v) is 1.87. The van der Waals surface area contributed by atoms with Crippen molar-refractivity contribution in [3.8, 4) is 0 Å². The summed E-state index contributed by atoms with van der Waals surface area (Å²) < 4.78 is 0. The molecular formula is C7H17NOS2. The number of rotatable bonds is 8. The van der Waals surface area contributed by atoms with Crippen LogP contribution in [-0.2, 0) is 0 Å². The molecule has 0 aliphatic rings. The van der Waals surface area contributed by atoms with Crippen molar-refractivity contribution in [1.82, 2.24) is 5.32 Å². The lowest BCUT2D eigenvalue weighted by Gasteiger charge is -2.01. The zero-order valence-corrected chi connectivity index (χ0v) is 8.64. The van der Waals surface area contributed by atoms with Gasteiger partial charge in [-0.1, -0.05) is 6.92 Å². The summed E-state index contributed by atoms with van der Waals surface area (Å²) >= 11 is 3.66. The second kappa shape index (κ2) is 10.6. The Morgan fingerprint density at radius 2 is 1.82 bits per heavy atom. The SMILES string of the molecule is CCCSCNCSCCO. The first-order valence-corrected chi connectivity index (χ1v) is 6.19. The van der Waals surface area contributed by atoms with Crippen molar-refractivity contribution in [1.29, 1.82) is 0 Å². The van der Waals surface area contributed by atoms with Crippen molar-refractivity contribution < 1.29 is 5.11 Å². The van der Waals surface area contributed by atoms with Gasteiger partial charge in [0.05, 0.1) is 6.61 Å². The highest BCUT2D eigenvalue weighted by Gasteiger charge is 1.87. The Balaban J connectivity index is 2.69. The second-order valence-electron chi connectivity index (χ2n) is 2.08. The molecule has 0 amide bonds. The van der Waals surface area contributed by atoms with Gasteiger partial charge in [0.25, 0.3) is 0 Å². The Morgan fingerprint density at radius 3 is 2.36 bits per heavy atom. The monoisotopic (exact) mass is 195 g/mol. The molecule has 0 aliphatic carbocycles. The normalized spacial score (nSPS) is 10.4. The van der Waals surface area contributed by atoms with Gasteiger partial charge in [0.2, 0.25) is 0 Å². The predicted molar refractivity (Wildman–Crippen MR) is 55.2 cm³/mol. The average Bonchev–Trinajstić information content (AvgIpc) is 2.03. The largest absolute Gasteiger partial charge is 0.396 e. The molecule has 0 bridgehead atoms. The summed E-state index contributed by atoms with van der Waals surface area (Å²) in [6.45, 7) is 2.47. The number of nitrogens with one attached hydrogen (secondary N) is 1. The van der Waals surface area contributed by atoms with Crippen LogP contribution in [0.15, 0.2) is 0 Å². The average molecular weight is 195 g/mol. The number of hydrogen-bond acceptors (Lipinski definition) is 4. The van der Waals surface area contributed by atoms with Crippen molar-refractivity contribution >= 4 is 23.5 Å². The van der Waals surface area contributed by atoms with Gasteiger partial charge >= 0.3 is 0 Å². The van der Waals surface area contributed by atoms with Gasteiger partial charge in [0.15, 0.2) is 0 Å². The molecule has 0 heterocycles. The van der Waals surface area contributed by atoms with Crippen LogP contribution >= 0.6 is 23.5 Å². The first kappa shape index (κ1) is 11.6. The highest BCUT2D eigenvalue weighted by atomic mass is 32.2. The highest BCUT2D eigenvalue weighted by molar-refractivity contribution is 8.00. The standard InChI is InChI=1S/C7H17NOS2/c1-2-4-10-6-8-7-11-5-3-9/h8-9H,2-7H2,1H3. The van der Waals surface area contributed by atoms with Gasteiger partial charge in [-0.15, -0.1) is 23.5 Å². The maximum Gasteiger partial charge on any atom is 0.0522 e. The van der Waals surface area contributed by atoms with Crippen molar-refractivity contribution in [3.63, 3.8) is 0 Å². The smallest absolute Gasteiger partial charge is 0.0522 e. The van der Waals surface area contributed by atoms with Gasteiger partial charge < -0.3 is 5.11 Å². The predicted octanol–water partition coefficient (Wildman–Crippen LogP) is 1.36. The molecule has 11 heavy (non-hydrogen) atoms. The molecule has 2 N–H and O–H groups in total. The summed E-state index contributed by atoms with van der Waals surface area (Å²) in [5.41, 5.74) is 0. The summed E-state index contributed by atoms with van der Waals surface area (Å²) in [7, 11) is 0. The molecule has 68 valence electrons. The van der Waals surface area contributed by atoms with Gasteiger partial charge in [0, 0.05) is 17.5 Å². The van der Waals surface area contributed by atoms with Crippen LogP contribution in [0.1, 0.15) is 13.3 Å². The van der Waals surface area contributed by atoms with Crippen LogP contribution in [-0.4, -0.2) is 35.0 Å². The van der Waals surface area contributed by atoms with E-state index in [9.17, 15) is 0 Å². The molecule has 2 nitrogen and oxygen atoms in total. The first-order chi connectivity index (χ1) is 5.41. The van der Waals surface area contributed by atoms with Gasteiger partial charge in [-0.05, 0) is 12.2 Å². The Hall–Kier alpha value is 0.620. The number of aliphatic hydroxyl groups is 1. The van der Waals surface area contributed by atoms with E-state index in [0.29, 0.717) is 0 Å². The Kier molecular flexibility index (Phi) is 11.2. The third kappa shape index (κ3) is 10.6. The minimum absolute atomic E-state index is 0.286. The van der Waals surface area contributed by atoms with Crippen LogP contribution < -0.4 is 5.32 Å². The van der Waals surface area contributed by atoms with Crippen molar-refractivity contribution in [2.75, 3.05) is 29.9 Å². The molecule has 0 radical (unpaired) electrons. The Bertz CT molecular complexity index is 65.5. The number of hydrogen-bond donors (Lipinski definition) is 2. The minimum Gasteiger partial charge on any atom is -0.396 e. The van der Waals surface area contributed by atoms with Gasteiger partial charge in [0.1, 0.15) is 0 Å². The molecule has 0 unspecified atom stereocenters. The van der Waals surface area contributed by atoms with E-state index in [-0.39, 0.29) is 6.61 Å². The molecule has 4 heteroatoms. The summed E-state index contributed by atoms with van der Waals surface area (Å²) in [6.07, 6.45) is 1.25. The first-order valence-electron chi connectivity index (χ1n) is 3.89. The van der Waals surface area contributed by atoms with E-state index >= 15 is 0 Å². The zero-order chi connectivity index (χ0) is 8.36. The van der Waals surface area contributed by atoms with Crippen LogP contribution in [0, 0.1) is 0 Å². The van der Waals surface area contributed by atoms with E-state index in [0.717, 1.165) is 17.5 Å². The zero-order valence-electron chi connectivity index (χ0n) is 7.01. The topological polar surface area (TPSA) is 32.3 Å². The Morgan fingerprint density at radius 1 is 1.18 bits per heavy atom. The second-order valence-corrected chi connectivity index (χ2v) is 4.29. The van der Waals surface area contributed by atoms with E-state index in [2.05, 4.69) is 12.2 Å². The molecule has 0 aliphatic heterocycles. The maximum atomic E-state index is 8.45. The fourth-order valence-electron chi connectivity index (χ4n) is 0.539. The fraction of sp³-hybridized carbons (Fsp3) is 1.00. The van der Waals surface area contributed by atoms with Crippen LogP contribution in [0.3, 0.4) is 0 Å². The summed E-state index contributed by atoms with van der Waals surface area (Å²) in [5, 5.41) is 11.7. The van der Waals surface area contributed by atoms with Crippen molar-refractivity contribution in [3.05, 3.63) is 0 Å². The molecule has 0 atom stereocenters. The van der Waals surface area contributed by atoms with Gasteiger partial charge in [-0.3, -0.25) is 5.32 Å². The lowest BCUT2D eigenvalue weighted by molar-refractivity contribution is 0.322. The molecule has 0 spiro atoms. The van der Waals surface area contributed by atoms with Crippen LogP contribution in [0.5, 0.6) is 0 Å². The summed E-state index contributed by atoms with van der Waals surface area (Å²) in [5.74, 6) is 4.06. The van der Waals surface area contributed by atoms with E-state index in [4.69, 9.17) is 5.11 Å². The van der Waals surface area contributed by atoms with Gasteiger partial charge in [-0.25, -0.2) is 0 Å². The Labute approximate surface area is 77.5 Å². The van der Waals surface area contributed by atoms with E-state index in [1.54, 1.807) is 11.8 Å². The molecule has 0 saturated heterocycles. The van der Waals surface area contributed by atoms with Crippen molar-refractivity contribution in [2.45, 2.75) is 13.3 Å². The molecule has 0 saturated carbocycles. The molecule has 0 aromatic heterocycles. The summed E-state index contributed by atoms with van der Waals surface area (Å²) in [6, 6.07) is 0. The quantitative estimate of drug-likeness (QED) is 0.452. The number of thioether (sulfide) groups is 2. The minimum atomic E-state index is 0.286. The molecule has 0 aromatic carbocycles. The van der Waals surface area contributed by atoms with Crippen LogP contribution in [0.25, 0.3) is 0 Å². The molecule has 0 rings (SSSR count). The van der Waals surface area contributed by atoms with E-state index in [1.807, 2.05) is 11.8 Å². The lowest BCUT2D eigenvalue weighted by atomic mass is 10.6. The maximum absolute atomic E-state index is 8.45. The summed E-state index contributed by atoms with van der Waals surface area (Å²) in [4.78, 5) is 0. The highest BCUT2D eigenvalue weighted by Crippen LogP contribution is 2.00. The molecular weight excluding hydrogens is 178 g/mol. The number of aliphatic hydroxyl groups excluding tert-OH is 1. The molecule has 0 aromatic rings. The van der Waals surface area contributed by atoms with Crippen molar-refractivity contribution in [2.24, 2.45) is 0 Å².